The molecule has 0 spiro atoms. The van der Waals surface area contributed by atoms with Crippen LogP contribution in [0.15, 0.2) is 85.2 Å². The van der Waals surface area contributed by atoms with Gasteiger partial charge in [0.15, 0.2) is 0 Å². The number of carbonyl (C=O) groups is 1. The van der Waals surface area contributed by atoms with E-state index in [4.69, 9.17) is 0 Å². The molecule has 1 amide bonds. The van der Waals surface area contributed by atoms with Crippen molar-refractivity contribution in [3.8, 4) is 11.3 Å². The number of hydrogen-bond donors (Lipinski definition) is 0. The van der Waals surface area contributed by atoms with Crippen LogP contribution in [-0.4, -0.2) is 25.8 Å². The van der Waals surface area contributed by atoms with Gasteiger partial charge in [-0.2, -0.15) is 0 Å². The minimum Gasteiger partial charge on any atom is -0.328 e. The first-order valence-corrected chi connectivity index (χ1v) is 9.93. The van der Waals surface area contributed by atoms with Gasteiger partial charge < -0.3 is 4.90 Å². The molecule has 31 heavy (non-hydrogen) atoms. The van der Waals surface area contributed by atoms with Crippen LogP contribution in [0.5, 0.6) is 0 Å². The summed E-state index contributed by atoms with van der Waals surface area (Å²) in [5, 5.41) is 0. The molecule has 5 nitrogen and oxygen atoms in total. The molecule has 4 rings (SSSR count). The number of amides is 1. The van der Waals surface area contributed by atoms with E-state index in [1.165, 1.54) is 12.1 Å². The van der Waals surface area contributed by atoms with Gasteiger partial charge in [-0.15, -0.1) is 0 Å². The maximum atomic E-state index is 14.4. The fraction of sp³-hybridized carbons (Fsp3) is 0.120. The van der Waals surface area contributed by atoms with Crippen molar-refractivity contribution in [1.29, 1.82) is 0 Å². The molecule has 2 heterocycles. The second-order valence-corrected chi connectivity index (χ2v) is 7.12. The highest BCUT2D eigenvalue weighted by atomic mass is 19.1. The first-order chi connectivity index (χ1) is 15.1. The van der Waals surface area contributed by atoms with E-state index in [0.717, 1.165) is 16.8 Å². The fourth-order valence-corrected chi connectivity index (χ4v) is 3.36. The van der Waals surface area contributed by atoms with Crippen LogP contribution in [0.1, 0.15) is 27.4 Å². The maximum absolute atomic E-state index is 14.4. The molecular formula is C25H21FN4O. The zero-order chi connectivity index (χ0) is 21.6. The molecule has 2 aromatic carbocycles. The molecule has 0 unspecified atom stereocenters. The number of halogens is 1. The minimum absolute atomic E-state index is 0.0311. The van der Waals surface area contributed by atoms with Crippen molar-refractivity contribution < 1.29 is 9.18 Å². The summed E-state index contributed by atoms with van der Waals surface area (Å²) in [6.45, 7) is 2.31. The smallest absolute Gasteiger partial charge is 0.257 e. The maximum Gasteiger partial charge on any atom is 0.257 e. The van der Waals surface area contributed by atoms with E-state index in [9.17, 15) is 9.18 Å². The van der Waals surface area contributed by atoms with E-state index in [0.29, 0.717) is 18.1 Å². The third-order valence-electron chi connectivity index (χ3n) is 4.88. The third kappa shape index (κ3) is 4.80. The molecule has 0 saturated carbocycles. The Hall–Kier alpha value is -3.93. The van der Waals surface area contributed by atoms with Crippen molar-refractivity contribution >= 4 is 5.91 Å². The molecule has 6 heteroatoms. The number of pyridine rings is 1. The van der Waals surface area contributed by atoms with Gasteiger partial charge in [-0.05, 0) is 36.8 Å². The minimum atomic E-state index is -0.547. The average molecular weight is 412 g/mol. The molecule has 0 aliphatic rings. The lowest BCUT2D eigenvalue weighted by molar-refractivity contribution is 0.0723. The van der Waals surface area contributed by atoms with Crippen molar-refractivity contribution in [3.63, 3.8) is 0 Å². The first kappa shape index (κ1) is 20.3. The monoisotopic (exact) mass is 412 g/mol. The Bertz CT molecular complexity index is 1180. The van der Waals surface area contributed by atoms with E-state index in [1.54, 1.807) is 36.4 Å². The number of aryl methyl sites for hydroxylation is 1. The number of nitrogens with zero attached hydrogens (tertiary/aromatic N) is 4. The van der Waals surface area contributed by atoms with Crippen LogP contribution in [0.4, 0.5) is 4.39 Å². The van der Waals surface area contributed by atoms with E-state index < -0.39 is 11.7 Å². The topological polar surface area (TPSA) is 59.0 Å². The predicted molar refractivity (Wildman–Crippen MR) is 116 cm³/mol. The molecule has 0 atom stereocenters. The molecule has 0 saturated heterocycles. The molecular weight excluding hydrogens is 391 g/mol. The molecule has 2 aromatic heterocycles. The van der Waals surface area contributed by atoms with Crippen LogP contribution in [0, 0.1) is 12.7 Å². The highest BCUT2D eigenvalue weighted by molar-refractivity contribution is 5.94. The van der Waals surface area contributed by atoms with Crippen LogP contribution in [-0.2, 0) is 13.1 Å². The van der Waals surface area contributed by atoms with Crippen LogP contribution < -0.4 is 0 Å². The number of carbonyl (C=O) groups excluding carboxylic acids is 1. The summed E-state index contributed by atoms with van der Waals surface area (Å²) in [5.41, 5.74) is 3.09. The van der Waals surface area contributed by atoms with Crippen molar-refractivity contribution in [1.82, 2.24) is 19.9 Å². The summed E-state index contributed by atoms with van der Waals surface area (Å²) >= 11 is 0. The van der Waals surface area contributed by atoms with Crippen LogP contribution in [0.2, 0.25) is 0 Å². The van der Waals surface area contributed by atoms with Crippen molar-refractivity contribution in [2.45, 2.75) is 20.0 Å². The van der Waals surface area contributed by atoms with E-state index in [-0.39, 0.29) is 12.1 Å². The summed E-state index contributed by atoms with van der Waals surface area (Å²) in [4.78, 5) is 28.2. The Kier molecular flexibility index (Phi) is 6.08. The fourth-order valence-electron chi connectivity index (χ4n) is 3.36. The van der Waals surface area contributed by atoms with E-state index in [1.807, 2.05) is 48.5 Å². The van der Waals surface area contributed by atoms with Gasteiger partial charge in [0.1, 0.15) is 11.6 Å². The molecule has 0 radical (unpaired) electrons. The number of hydrogen-bond acceptors (Lipinski definition) is 4. The zero-order valence-electron chi connectivity index (χ0n) is 17.1. The van der Waals surface area contributed by atoms with Crippen molar-refractivity contribution in [2.75, 3.05) is 0 Å². The molecule has 0 bridgehead atoms. The lowest BCUT2D eigenvalue weighted by atomic mass is 10.1. The summed E-state index contributed by atoms with van der Waals surface area (Å²) in [7, 11) is 0. The lowest BCUT2D eigenvalue weighted by Crippen LogP contribution is -2.31. The van der Waals surface area contributed by atoms with Gasteiger partial charge in [-0.3, -0.25) is 9.78 Å². The Labute approximate surface area is 180 Å². The van der Waals surface area contributed by atoms with Crippen molar-refractivity contribution in [2.24, 2.45) is 0 Å². The normalized spacial score (nSPS) is 10.6. The van der Waals surface area contributed by atoms with E-state index in [2.05, 4.69) is 15.0 Å². The first-order valence-electron chi connectivity index (χ1n) is 9.93. The number of aromatic nitrogens is 3. The summed E-state index contributed by atoms with van der Waals surface area (Å²) in [5.74, 6) is -0.354. The highest BCUT2D eigenvalue weighted by Gasteiger charge is 2.22. The van der Waals surface area contributed by atoms with Gasteiger partial charge in [0, 0.05) is 24.5 Å². The van der Waals surface area contributed by atoms with E-state index >= 15 is 0 Å². The molecule has 0 aliphatic heterocycles. The summed E-state index contributed by atoms with van der Waals surface area (Å²) in [6.07, 6.45) is 3.42. The number of rotatable bonds is 6. The van der Waals surface area contributed by atoms with Gasteiger partial charge >= 0.3 is 0 Å². The van der Waals surface area contributed by atoms with Gasteiger partial charge in [-0.1, -0.05) is 48.5 Å². The van der Waals surface area contributed by atoms with Gasteiger partial charge in [0.25, 0.3) is 5.91 Å². The third-order valence-corrected chi connectivity index (χ3v) is 4.88. The Morgan fingerprint density at radius 3 is 2.39 bits per heavy atom. The Morgan fingerprint density at radius 1 is 0.903 bits per heavy atom. The zero-order valence-corrected chi connectivity index (χ0v) is 17.1. The summed E-state index contributed by atoms with van der Waals surface area (Å²) < 4.78 is 14.4. The Balaban J connectivity index is 1.74. The van der Waals surface area contributed by atoms with Crippen molar-refractivity contribution in [3.05, 3.63) is 114 Å². The standard InChI is InChI=1S/C25H21FN4O/c1-18-28-15-21(23-13-7-8-14-27-23)24(29-18)17-30(16-19-9-3-2-4-10-19)25(31)20-11-5-6-12-22(20)26/h2-15H,16-17H2,1H3. The van der Waals surface area contributed by atoms with Gasteiger partial charge in [0.05, 0.1) is 23.5 Å². The Morgan fingerprint density at radius 2 is 1.65 bits per heavy atom. The molecule has 0 N–H and O–H groups in total. The predicted octanol–water partition coefficient (Wildman–Crippen LogP) is 4.83. The van der Waals surface area contributed by atoms with Crippen LogP contribution in [0.3, 0.4) is 0 Å². The van der Waals surface area contributed by atoms with Gasteiger partial charge in [0.2, 0.25) is 0 Å². The summed E-state index contributed by atoms with van der Waals surface area (Å²) in [6, 6.07) is 21.2. The second-order valence-electron chi connectivity index (χ2n) is 7.12. The average Bonchev–Trinajstić information content (AvgIpc) is 2.80. The molecule has 0 aliphatic carbocycles. The van der Waals surface area contributed by atoms with Crippen LogP contribution >= 0.6 is 0 Å². The largest absolute Gasteiger partial charge is 0.328 e. The molecule has 154 valence electrons. The SMILES string of the molecule is Cc1ncc(-c2ccccn2)c(CN(Cc2ccccc2)C(=O)c2ccccc2F)n1. The second kappa shape index (κ2) is 9.26. The highest BCUT2D eigenvalue weighted by Crippen LogP contribution is 2.23. The lowest BCUT2D eigenvalue weighted by Gasteiger charge is -2.24. The van der Waals surface area contributed by atoms with Gasteiger partial charge in [-0.25, -0.2) is 14.4 Å². The number of benzene rings is 2. The van der Waals surface area contributed by atoms with Crippen LogP contribution in [0.25, 0.3) is 11.3 Å². The molecule has 4 aromatic rings. The quantitative estimate of drug-likeness (QED) is 0.455. The molecule has 0 fully saturated rings.